The first-order valence-corrected chi connectivity index (χ1v) is 6.74. The number of ether oxygens (including phenoxy) is 1. The van der Waals surface area contributed by atoms with Gasteiger partial charge in [-0.05, 0) is 37.3 Å². The Morgan fingerprint density at radius 2 is 1.85 bits per heavy atom. The molecule has 0 aliphatic carbocycles. The maximum Gasteiger partial charge on any atom is 0.262 e. The Hall–Kier alpha value is -1.71. The molecule has 0 bridgehead atoms. The van der Waals surface area contributed by atoms with Crippen LogP contribution in [0.2, 0.25) is 10.0 Å². The minimum absolute atomic E-state index is 0.116. The zero-order chi connectivity index (χ0) is 14.5. The van der Waals surface area contributed by atoms with Crippen LogP contribution in [0.15, 0.2) is 42.5 Å². The molecule has 0 saturated heterocycles. The van der Waals surface area contributed by atoms with Crippen LogP contribution in [-0.2, 0) is 4.79 Å². The zero-order valence-electron chi connectivity index (χ0n) is 10.8. The normalized spacial score (nSPS) is 10.2. The summed E-state index contributed by atoms with van der Waals surface area (Å²) in [7, 11) is 0. The van der Waals surface area contributed by atoms with Crippen LogP contribution in [0.3, 0.4) is 0 Å². The number of amides is 1. The first-order chi connectivity index (χ1) is 9.54. The van der Waals surface area contributed by atoms with Crippen molar-refractivity contribution >= 4 is 34.8 Å². The first kappa shape index (κ1) is 14.7. The molecule has 1 N–H and O–H groups in total. The van der Waals surface area contributed by atoms with Crippen LogP contribution in [0, 0.1) is 6.92 Å². The predicted molar refractivity (Wildman–Crippen MR) is 81.8 cm³/mol. The van der Waals surface area contributed by atoms with Gasteiger partial charge < -0.3 is 10.1 Å². The Balaban J connectivity index is 1.90. The van der Waals surface area contributed by atoms with E-state index in [2.05, 4.69) is 5.32 Å². The average molecular weight is 310 g/mol. The van der Waals surface area contributed by atoms with Crippen molar-refractivity contribution in [1.29, 1.82) is 0 Å². The fourth-order valence-corrected chi connectivity index (χ4v) is 2.03. The second-order valence-corrected chi connectivity index (χ2v) is 5.12. The van der Waals surface area contributed by atoms with Gasteiger partial charge in [-0.1, -0.05) is 40.9 Å². The van der Waals surface area contributed by atoms with Gasteiger partial charge in [-0.3, -0.25) is 4.79 Å². The Bertz CT molecular complexity index is 612. The number of benzene rings is 2. The first-order valence-electron chi connectivity index (χ1n) is 5.99. The molecule has 20 heavy (non-hydrogen) atoms. The summed E-state index contributed by atoms with van der Waals surface area (Å²) in [5.74, 6) is 0.176. The molecule has 0 saturated carbocycles. The molecule has 2 aromatic carbocycles. The van der Waals surface area contributed by atoms with E-state index in [1.807, 2.05) is 31.2 Å². The Labute approximate surface area is 127 Å². The lowest BCUT2D eigenvalue weighted by atomic mass is 10.2. The molecular formula is C15H13Cl2NO2. The average Bonchev–Trinajstić information content (AvgIpc) is 2.40. The van der Waals surface area contributed by atoms with E-state index in [4.69, 9.17) is 27.9 Å². The van der Waals surface area contributed by atoms with E-state index in [-0.39, 0.29) is 12.5 Å². The van der Waals surface area contributed by atoms with E-state index >= 15 is 0 Å². The summed E-state index contributed by atoms with van der Waals surface area (Å²) in [6.45, 7) is 1.87. The number of hydrogen-bond acceptors (Lipinski definition) is 2. The largest absolute Gasteiger partial charge is 0.482 e. The lowest BCUT2D eigenvalue weighted by molar-refractivity contribution is -0.118. The third kappa shape index (κ3) is 4.15. The van der Waals surface area contributed by atoms with Crippen LogP contribution < -0.4 is 10.1 Å². The van der Waals surface area contributed by atoms with Gasteiger partial charge in [0.15, 0.2) is 6.61 Å². The minimum atomic E-state index is -0.250. The Morgan fingerprint density at radius 3 is 2.50 bits per heavy atom. The van der Waals surface area contributed by atoms with Gasteiger partial charge in [-0.2, -0.15) is 0 Å². The maximum absolute atomic E-state index is 11.7. The lowest BCUT2D eigenvalue weighted by Crippen LogP contribution is -2.20. The molecule has 0 radical (unpaired) electrons. The molecule has 0 fully saturated rings. The molecule has 0 unspecified atom stereocenters. The molecule has 3 nitrogen and oxygen atoms in total. The van der Waals surface area contributed by atoms with Gasteiger partial charge in [0.1, 0.15) is 5.75 Å². The number of hydrogen-bond donors (Lipinski definition) is 1. The number of aryl methyl sites for hydroxylation is 1. The van der Waals surface area contributed by atoms with Crippen molar-refractivity contribution in [1.82, 2.24) is 0 Å². The van der Waals surface area contributed by atoms with E-state index in [0.29, 0.717) is 15.8 Å². The summed E-state index contributed by atoms with van der Waals surface area (Å²) < 4.78 is 5.35. The minimum Gasteiger partial charge on any atom is -0.482 e. The maximum atomic E-state index is 11.7. The third-order valence-electron chi connectivity index (χ3n) is 2.59. The molecule has 0 spiro atoms. The van der Waals surface area contributed by atoms with Gasteiger partial charge in [-0.15, -0.1) is 0 Å². The summed E-state index contributed by atoms with van der Waals surface area (Å²) in [6.07, 6.45) is 0. The fraction of sp³-hybridized carbons (Fsp3) is 0.133. The molecular weight excluding hydrogens is 297 g/mol. The highest BCUT2D eigenvalue weighted by molar-refractivity contribution is 6.35. The quantitative estimate of drug-likeness (QED) is 0.913. The van der Waals surface area contributed by atoms with E-state index < -0.39 is 0 Å². The summed E-state index contributed by atoms with van der Waals surface area (Å²) in [6, 6.07) is 12.4. The van der Waals surface area contributed by atoms with Gasteiger partial charge in [0.25, 0.3) is 5.91 Å². The number of carbonyl (C=O) groups excluding carboxylic acids is 1. The van der Waals surface area contributed by atoms with Crippen molar-refractivity contribution in [2.75, 3.05) is 11.9 Å². The smallest absolute Gasteiger partial charge is 0.262 e. The molecule has 2 aromatic rings. The molecule has 5 heteroatoms. The van der Waals surface area contributed by atoms with Crippen LogP contribution in [0.25, 0.3) is 0 Å². The highest BCUT2D eigenvalue weighted by Gasteiger charge is 2.06. The third-order valence-corrected chi connectivity index (χ3v) is 3.12. The second kappa shape index (κ2) is 6.64. The lowest BCUT2D eigenvalue weighted by Gasteiger charge is -2.09. The SMILES string of the molecule is Cc1ccc(NC(=O)COc2ccc(Cl)cc2Cl)cc1. The summed E-state index contributed by atoms with van der Waals surface area (Å²) in [5, 5.41) is 3.63. The van der Waals surface area contributed by atoms with Gasteiger partial charge in [-0.25, -0.2) is 0 Å². The monoisotopic (exact) mass is 309 g/mol. The number of anilines is 1. The van der Waals surface area contributed by atoms with Crippen molar-refractivity contribution < 1.29 is 9.53 Å². The van der Waals surface area contributed by atoms with E-state index in [1.165, 1.54) is 0 Å². The highest BCUT2D eigenvalue weighted by atomic mass is 35.5. The number of nitrogens with one attached hydrogen (secondary N) is 1. The van der Waals surface area contributed by atoms with E-state index in [9.17, 15) is 4.79 Å². The zero-order valence-corrected chi connectivity index (χ0v) is 12.3. The molecule has 2 rings (SSSR count). The molecule has 0 aromatic heterocycles. The fourth-order valence-electron chi connectivity index (χ4n) is 1.57. The molecule has 104 valence electrons. The van der Waals surface area contributed by atoms with Gasteiger partial charge in [0.2, 0.25) is 0 Å². The van der Waals surface area contributed by atoms with Crippen LogP contribution in [-0.4, -0.2) is 12.5 Å². The summed E-state index contributed by atoms with van der Waals surface area (Å²) in [5.41, 5.74) is 1.86. The standard InChI is InChI=1S/C15H13Cl2NO2/c1-10-2-5-12(6-3-10)18-15(19)9-20-14-7-4-11(16)8-13(14)17/h2-8H,9H2,1H3,(H,18,19). The molecule has 0 aliphatic rings. The van der Waals surface area contributed by atoms with Gasteiger partial charge in [0, 0.05) is 10.7 Å². The highest BCUT2D eigenvalue weighted by Crippen LogP contribution is 2.27. The molecule has 0 heterocycles. The van der Waals surface area contributed by atoms with Gasteiger partial charge in [0.05, 0.1) is 5.02 Å². The Morgan fingerprint density at radius 1 is 1.15 bits per heavy atom. The number of rotatable bonds is 4. The molecule has 0 atom stereocenters. The summed E-state index contributed by atoms with van der Waals surface area (Å²) >= 11 is 11.7. The van der Waals surface area contributed by atoms with Crippen LogP contribution in [0.4, 0.5) is 5.69 Å². The summed E-state index contributed by atoms with van der Waals surface area (Å²) in [4.78, 5) is 11.7. The van der Waals surface area contributed by atoms with Crippen molar-refractivity contribution in [3.05, 3.63) is 58.1 Å². The van der Waals surface area contributed by atoms with Crippen LogP contribution in [0.1, 0.15) is 5.56 Å². The van der Waals surface area contributed by atoms with Crippen molar-refractivity contribution in [3.8, 4) is 5.75 Å². The van der Waals surface area contributed by atoms with Crippen LogP contribution >= 0.6 is 23.2 Å². The van der Waals surface area contributed by atoms with Crippen LogP contribution in [0.5, 0.6) is 5.75 Å². The van der Waals surface area contributed by atoms with E-state index in [0.717, 1.165) is 11.3 Å². The molecule has 1 amide bonds. The van der Waals surface area contributed by atoms with Crippen molar-refractivity contribution in [2.45, 2.75) is 6.92 Å². The van der Waals surface area contributed by atoms with Gasteiger partial charge >= 0.3 is 0 Å². The van der Waals surface area contributed by atoms with Crippen molar-refractivity contribution in [3.63, 3.8) is 0 Å². The Kier molecular flexibility index (Phi) is 4.88. The second-order valence-electron chi connectivity index (χ2n) is 4.28. The predicted octanol–water partition coefficient (Wildman–Crippen LogP) is 4.32. The molecule has 0 aliphatic heterocycles. The van der Waals surface area contributed by atoms with E-state index in [1.54, 1.807) is 18.2 Å². The number of carbonyl (C=O) groups is 1. The van der Waals surface area contributed by atoms with Crippen molar-refractivity contribution in [2.24, 2.45) is 0 Å². The number of halogens is 2. The topological polar surface area (TPSA) is 38.3 Å².